The maximum Gasteiger partial charge on any atom is 0.242 e. The van der Waals surface area contributed by atoms with E-state index in [2.05, 4.69) is 5.32 Å². The number of nitrogens with one attached hydrogen (secondary N) is 1. The van der Waals surface area contributed by atoms with Crippen LogP contribution in [0.2, 0.25) is 0 Å². The molecule has 1 saturated carbocycles. The number of ether oxygens (including phenoxy) is 1. The standard InChI is InChI=1S/C21H24N2O3/c1-4-23(17-9-5-7-15(2)13-17)20(25)21(11-12-21)19(24)22-16-8-6-10-18(14-16)26-3/h5-10,13-14H,4,11-12H2,1-3H3,(H,22,24). The average Bonchev–Trinajstić information content (AvgIpc) is 3.44. The van der Waals surface area contributed by atoms with Crippen LogP contribution in [0.5, 0.6) is 5.75 Å². The number of hydrogen-bond donors (Lipinski definition) is 1. The van der Waals surface area contributed by atoms with Gasteiger partial charge in [0.25, 0.3) is 0 Å². The number of benzene rings is 2. The molecule has 1 aliphatic rings. The van der Waals surface area contributed by atoms with Crippen LogP contribution in [0.1, 0.15) is 25.3 Å². The van der Waals surface area contributed by atoms with Crippen molar-refractivity contribution < 1.29 is 14.3 Å². The number of nitrogens with zero attached hydrogens (tertiary/aromatic N) is 1. The normalized spacial score (nSPS) is 14.4. The molecule has 0 saturated heterocycles. The summed E-state index contributed by atoms with van der Waals surface area (Å²) in [5, 5.41) is 2.88. The molecule has 5 nitrogen and oxygen atoms in total. The van der Waals surface area contributed by atoms with Gasteiger partial charge in [-0.15, -0.1) is 0 Å². The minimum absolute atomic E-state index is 0.133. The minimum atomic E-state index is -0.969. The largest absolute Gasteiger partial charge is 0.497 e. The Kier molecular flexibility index (Phi) is 4.98. The third-order valence-corrected chi connectivity index (χ3v) is 4.80. The fraction of sp³-hybridized carbons (Fsp3) is 0.333. The zero-order chi connectivity index (χ0) is 18.7. The van der Waals surface area contributed by atoms with Crippen LogP contribution in [-0.2, 0) is 9.59 Å². The molecule has 1 aliphatic carbocycles. The van der Waals surface area contributed by atoms with Crippen molar-refractivity contribution in [2.75, 3.05) is 23.9 Å². The molecule has 136 valence electrons. The molecule has 0 radical (unpaired) electrons. The summed E-state index contributed by atoms with van der Waals surface area (Å²) in [6.07, 6.45) is 1.15. The topological polar surface area (TPSA) is 58.6 Å². The molecular weight excluding hydrogens is 328 g/mol. The molecule has 1 fully saturated rings. The Hall–Kier alpha value is -2.82. The molecule has 0 unspecified atom stereocenters. The Morgan fingerprint density at radius 1 is 1.15 bits per heavy atom. The Morgan fingerprint density at radius 3 is 2.50 bits per heavy atom. The van der Waals surface area contributed by atoms with Crippen LogP contribution < -0.4 is 15.0 Å². The first-order valence-electron chi connectivity index (χ1n) is 8.84. The molecule has 26 heavy (non-hydrogen) atoms. The van der Waals surface area contributed by atoms with Crippen LogP contribution in [0.4, 0.5) is 11.4 Å². The van der Waals surface area contributed by atoms with Crippen molar-refractivity contribution in [3.8, 4) is 5.75 Å². The summed E-state index contributed by atoms with van der Waals surface area (Å²) < 4.78 is 5.18. The number of carbonyl (C=O) groups is 2. The highest BCUT2D eigenvalue weighted by atomic mass is 16.5. The molecule has 0 spiro atoms. The molecule has 0 heterocycles. The first-order valence-corrected chi connectivity index (χ1v) is 8.84. The Balaban J connectivity index is 1.80. The fourth-order valence-electron chi connectivity index (χ4n) is 3.11. The van der Waals surface area contributed by atoms with E-state index in [-0.39, 0.29) is 11.8 Å². The second-order valence-electron chi connectivity index (χ2n) is 6.66. The molecule has 0 atom stereocenters. The summed E-state index contributed by atoms with van der Waals surface area (Å²) >= 11 is 0. The van der Waals surface area contributed by atoms with Crippen molar-refractivity contribution in [3.63, 3.8) is 0 Å². The number of rotatable bonds is 6. The van der Waals surface area contributed by atoms with Crippen molar-refractivity contribution in [2.24, 2.45) is 5.41 Å². The lowest BCUT2D eigenvalue weighted by atomic mass is 10.0. The number of carbonyl (C=O) groups excluding carboxylic acids is 2. The predicted molar refractivity (Wildman–Crippen MR) is 102 cm³/mol. The highest BCUT2D eigenvalue weighted by molar-refractivity contribution is 6.17. The first-order chi connectivity index (χ1) is 12.5. The van der Waals surface area contributed by atoms with Crippen molar-refractivity contribution in [2.45, 2.75) is 26.7 Å². The van der Waals surface area contributed by atoms with Crippen LogP contribution in [0.25, 0.3) is 0 Å². The van der Waals surface area contributed by atoms with Gasteiger partial charge in [-0.25, -0.2) is 0 Å². The highest BCUT2D eigenvalue weighted by Crippen LogP contribution is 2.48. The average molecular weight is 352 g/mol. The Morgan fingerprint density at radius 2 is 1.88 bits per heavy atom. The summed E-state index contributed by atoms with van der Waals surface area (Å²) in [5.41, 5.74) is 1.58. The van der Waals surface area contributed by atoms with Gasteiger partial charge in [-0.3, -0.25) is 9.59 Å². The molecular formula is C21H24N2O3. The Bertz CT molecular complexity index is 828. The third-order valence-electron chi connectivity index (χ3n) is 4.80. The van der Waals surface area contributed by atoms with Gasteiger partial charge in [0.2, 0.25) is 11.8 Å². The number of amides is 2. The van der Waals surface area contributed by atoms with Crippen molar-refractivity contribution in [1.82, 2.24) is 0 Å². The summed E-state index contributed by atoms with van der Waals surface area (Å²) in [6.45, 7) is 4.44. The van der Waals surface area contributed by atoms with E-state index >= 15 is 0 Å². The van der Waals surface area contributed by atoms with E-state index in [1.165, 1.54) is 0 Å². The molecule has 2 aromatic rings. The lowest BCUT2D eigenvalue weighted by Gasteiger charge is -2.26. The SMILES string of the molecule is CCN(C(=O)C1(C(=O)Nc2cccc(OC)c2)CC1)c1cccc(C)c1. The molecule has 1 N–H and O–H groups in total. The van der Waals surface area contributed by atoms with Crippen LogP contribution in [0.15, 0.2) is 48.5 Å². The number of hydrogen-bond acceptors (Lipinski definition) is 3. The van der Waals surface area contributed by atoms with Crippen molar-refractivity contribution in [1.29, 1.82) is 0 Å². The second kappa shape index (κ2) is 7.20. The summed E-state index contributed by atoms with van der Waals surface area (Å²) in [5.74, 6) is 0.279. The molecule has 2 aromatic carbocycles. The van der Waals surface area contributed by atoms with E-state index < -0.39 is 5.41 Å². The van der Waals surface area contributed by atoms with Crippen molar-refractivity contribution in [3.05, 3.63) is 54.1 Å². The summed E-state index contributed by atoms with van der Waals surface area (Å²) in [6, 6.07) is 14.9. The lowest BCUT2D eigenvalue weighted by Crippen LogP contribution is -2.43. The predicted octanol–water partition coefficient (Wildman–Crippen LogP) is 3.78. The van der Waals surface area contributed by atoms with Gasteiger partial charge in [0.1, 0.15) is 11.2 Å². The summed E-state index contributed by atoms with van der Waals surface area (Å²) in [7, 11) is 1.58. The van der Waals surface area contributed by atoms with Gasteiger partial charge in [-0.05, 0) is 56.5 Å². The zero-order valence-electron chi connectivity index (χ0n) is 15.4. The van der Waals surface area contributed by atoms with Gasteiger partial charge >= 0.3 is 0 Å². The number of aryl methyl sites for hydroxylation is 1. The van der Waals surface area contributed by atoms with Crippen LogP contribution in [0.3, 0.4) is 0 Å². The molecule has 0 bridgehead atoms. The lowest BCUT2D eigenvalue weighted by molar-refractivity contribution is -0.132. The van der Waals surface area contributed by atoms with E-state index in [4.69, 9.17) is 4.74 Å². The highest BCUT2D eigenvalue weighted by Gasteiger charge is 2.58. The van der Waals surface area contributed by atoms with Gasteiger partial charge in [-0.2, -0.15) is 0 Å². The van der Waals surface area contributed by atoms with Crippen LogP contribution in [0, 0.1) is 12.3 Å². The molecule has 5 heteroatoms. The minimum Gasteiger partial charge on any atom is -0.497 e. The maximum atomic E-state index is 13.2. The van der Waals surface area contributed by atoms with Gasteiger partial charge in [-0.1, -0.05) is 18.2 Å². The third kappa shape index (κ3) is 3.43. The number of anilines is 2. The van der Waals surface area contributed by atoms with E-state index in [1.807, 2.05) is 44.2 Å². The van der Waals surface area contributed by atoms with Gasteiger partial charge in [0.15, 0.2) is 0 Å². The van der Waals surface area contributed by atoms with Gasteiger partial charge < -0.3 is 15.0 Å². The maximum absolute atomic E-state index is 13.2. The second-order valence-corrected chi connectivity index (χ2v) is 6.66. The van der Waals surface area contributed by atoms with E-state index in [0.717, 1.165) is 11.3 Å². The quantitative estimate of drug-likeness (QED) is 0.805. The molecule has 0 aromatic heterocycles. The molecule has 0 aliphatic heterocycles. The molecule has 2 amide bonds. The Labute approximate surface area is 154 Å². The van der Waals surface area contributed by atoms with E-state index in [0.29, 0.717) is 30.8 Å². The van der Waals surface area contributed by atoms with E-state index in [9.17, 15) is 9.59 Å². The zero-order valence-corrected chi connectivity index (χ0v) is 15.4. The van der Waals surface area contributed by atoms with E-state index in [1.54, 1.807) is 30.2 Å². The fourth-order valence-corrected chi connectivity index (χ4v) is 3.11. The smallest absolute Gasteiger partial charge is 0.242 e. The number of methoxy groups -OCH3 is 1. The monoisotopic (exact) mass is 352 g/mol. The van der Waals surface area contributed by atoms with Crippen LogP contribution >= 0.6 is 0 Å². The van der Waals surface area contributed by atoms with Gasteiger partial charge in [0.05, 0.1) is 7.11 Å². The van der Waals surface area contributed by atoms with Crippen molar-refractivity contribution >= 4 is 23.2 Å². The molecule has 3 rings (SSSR count). The van der Waals surface area contributed by atoms with Gasteiger partial charge in [0, 0.05) is 24.0 Å². The summed E-state index contributed by atoms with van der Waals surface area (Å²) in [4.78, 5) is 27.7. The van der Waals surface area contributed by atoms with Crippen LogP contribution in [-0.4, -0.2) is 25.5 Å². The first kappa shape index (κ1) is 18.0.